The number of hydrogen-bond donors (Lipinski definition) is 8. The Hall–Kier alpha value is -1.92. The standard InChI is InChI=1S/C12H11NO4S2.2C6H15NO3/c14-10(15)5-7(11(16)17)6-18-12-13-8-3-1-2-4-9(8)19-12;2*1-4(8)7(5(2)9)6(3)10/h1-4,7H,5-6H2,(H,14,15)(H,16,17);2*4-6,8-10H,1-3H3. The predicted molar refractivity (Wildman–Crippen MR) is 147 cm³/mol. The van der Waals surface area contributed by atoms with E-state index >= 15 is 0 Å². The zero-order valence-corrected chi connectivity index (χ0v) is 24.5. The monoisotopic (exact) mass is 595 g/mol. The van der Waals surface area contributed by atoms with E-state index in [1.165, 1.54) is 74.4 Å². The van der Waals surface area contributed by atoms with Crippen molar-refractivity contribution in [3.63, 3.8) is 0 Å². The number of aromatic nitrogens is 1. The molecule has 7 unspecified atom stereocenters. The van der Waals surface area contributed by atoms with Crippen LogP contribution in [0.5, 0.6) is 0 Å². The van der Waals surface area contributed by atoms with Gasteiger partial charge in [-0.15, -0.1) is 11.3 Å². The number of thioether (sulfide) groups is 1. The summed E-state index contributed by atoms with van der Waals surface area (Å²) >= 11 is 2.77. The van der Waals surface area contributed by atoms with Gasteiger partial charge in [0, 0.05) is 5.75 Å². The fraction of sp³-hybridized carbons (Fsp3) is 0.625. The maximum atomic E-state index is 10.9. The highest BCUT2D eigenvalue weighted by Crippen LogP contribution is 2.30. The van der Waals surface area contributed by atoms with Crippen molar-refractivity contribution in [1.82, 2.24) is 14.8 Å². The maximum absolute atomic E-state index is 10.9. The Balaban J connectivity index is 0.000000616. The Morgan fingerprint density at radius 2 is 1.21 bits per heavy atom. The van der Waals surface area contributed by atoms with Crippen LogP contribution in [0.4, 0.5) is 0 Å². The van der Waals surface area contributed by atoms with Crippen LogP contribution in [-0.4, -0.2) is 111 Å². The fourth-order valence-corrected chi connectivity index (χ4v) is 5.56. The first-order chi connectivity index (χ1) is 18.0. The molecule has 0 aliphatic carbocycles. The molecule has 0 saturated heterocycles. The number of carbonyl (C=O) groups is 2. The maximum Gasteiger partial charge on any atom is 0.307 e. The van der Waals surface area contributed by atoms with Crippen molar-refractivity contribution in [1.29, 1.82) is 0 Å². The Morgan fingerprint density at radius 3 is 1.51 bits per heavy atom. The van der Waals surface area contributed by atoms with Crippen LogP contribution in [0.15, 0.2) is 28.6 Å². The highest BCUT2D eigenvalue weighted by Gasteiger charge is 2.22. The van der Waals surface area contributed by atoms with E-state index in [-0.39, 0.29) is 12.2 Å². The molecule has 0 saturated carbocycles. The Labute approximate surface area is 236 Å². The first-order valence-corrected chi connectivity index (χ1v) is 13.9. The molecular formula is C24H41N3O10S2. The lowest BCUT2D eigenvalue weighted by Gasteiger charge is -2.30. The van der Waals surface area contributed by atoms with Gasteiger partial charge in [0.05, 0.1) is 22.6 Å². The lowest BCUT2D eigenvalue weighted by atomic mass is 10.1. The van der Waals surface area contributed by atoms with Gasteiger partial charge in [0.25, 0.3) is 0 Å². The zero-order valence-electron chi connectivity index (χ0n) is 22.8. The van der Waals surface area contributed by atoms with E-state index in [4.69, 9.17) is 40.9 Å². The minimum atomic E-state index is -1.10. The number of carboxylic acids is 2. The number of thiazole rings is 1. The number of carboxylic acid groups (broad SMARTS) is 2. The molecule has 1 aromatic heterocycles. The molecule has 224 valence electrons. The van der Waals surface area contributed by atoms with E-state index in [0.29, 0.717) is 0 Å². The molecule has 0 bridgehead atoms. The summed E-state index contributed by atoms with van der Waals surface area (Å²) in [5.41, 5.74) is 0.875. The summed E-state index contributed by atoms with van der Waals surface area (Å²) in [6, 6.07) is 7.64. The molecule has 0 radical (unpaired) electrons. The van der Waals surface area contributed by atoms with E-state index in [9.17, 15) is 9.59 Å². The normalized spacial score (nSPS) is 16.7. The van der Waals surface area contributed by atoms with Gasteiger partial charge in [0.1, 0.15) is 37.4 Å². The molecule has 7 atom stereocenters. The van der Waals surface area contributed by atoms with Crippen LogP contribution >= 0.6 is 23.1 Å². The van der Waals surface area contributed by atoms with Crippen molar-refractivity contribution in [2.75, 3.05) is 5.75 Å². The number of fused-ring (bicyclic) bond motifs is 1. The molecule has 0 fully saturated rings. The topological polar surface area (TPSA) is 215 Å². The van der Waals surface area contributed by atoms with Gasteiger partial charge in [0.15, 0.2) is 4.34 Å². The summed E-state index contributed by atoms with van der Waals surface area (Å²) in [5, 5.41) is 71.4. The second-order valence-electron chi connectivity index (χ2n) is 8.58. The Kier molecular flexibility index (Phi) is 17.5. The zero-order chi connectivity index (χ0) is 30.4. The Morgan fingerprint density at radius 1 is 0.795 bits per heavy atom. The van der Waals surface area contributed by atoms with E-state index in [2.05, 4.69) is 4.98 Å². The van der Waals surface area contributed by atoms with Gasteiger partial charge in [-0.1, -0.05) is 23.9 Å². The first kappa shape index (κ1) is 37.1. The minimum absolute atomic E-state index is 0.210. The van der Waals surface area contributed by atoms with Crippen molar-refractivity contribution >= 4 is 45.3 Å². The number of hydrogen-bond acceptors (Lipinski definition) is 13. The number of nitrogens with zero attached hydrogens (tertiary/aromatic N) is 3. The van der Waals surface area contributed by atoms with E-state index in [0.717, 1.165) is 14.6 Å². The molecule has 2 aromatic rings. The molecular weight excluding hydrogens is 554 g/mol. The summed E-state index contributed by atoms with van der Waals surface area (Å²) < 4.78 is 1.80. The van der Waals surface area contributed by atoms with Gasteiger partial charge in [-0.2, -0.15) is 0 Å². The van der Waals surface area contributed by atoms with Crippen LogP contribution in [0.3, 0.4) is 0 Å². The van der Waals surface area contributed by atoms with Crippen LogP contribution in [-0.2, 0) is 9.59 Å². The lowest BCUT2D eigenvalue weighted by Crippen LogP contribution is -2.45. The first-order valence-electron chi connectivity index (χ1n) is 12.1. The van der Waals surface area contributed by atoms with Crippen molar-refractivity contribution < 1.29 is 50.4 Å². The summed E-state index contributed by atoms with van der Waals surface area (Å²) in [6.45, 7) is 8.91. The van der Waals surface area contributed by atoms with Crippen LogP contribution in [0, 0.1) is 5.92 Å². The third-order valence-corrected chi connectivity index (χ3v) is 7.38. The van der Waals surface area contributed by atoms with E-state index in [1.807, 2.05) is 24.3 Å². The van der Waals surface area contributed by atoms with Crippen LogP contribution in [0.25, 0.3) is 10.2 Å². The molecule has 8 N–H and O–H groups in total. The van der Waals surface area contributed by atoms with Gasteiger partial charge in [-0.05, 0) is 53.7 Å². The van der Waals surface area contributed by atoms with Crippen molar-refractivity contribution in [3.05, 3.63) is 24.3 Å². The van der Waals surface area contributed by atoms with Crippen molar-refractivity contribution in [2.24, 2.45) is 5.92 Å². The largest absolute Gasteiger partial charge is 0.481 e. The lowest BCUT2D eigenvalue weighted by molar-refractivity contribution is -0.160. The molecule has 1 aromatic carbocycles. The third kappa shape index (κ3) is 14.3. The molecule has 0 spiro atoms. The second kappa shape index (κ2) is 18.4. The van der Waals surface area contributed by atoms with E-state index in [1.54, 1.807) is 0 Å². The molecule has 0 aliphatic heterocycles. The third-order valence-electron chi connectivity index (χ3n) is 5.04. The highest BCUT2D eigenvalue weighted by molar-refractivity contribution is 8.01. The molecule has 39 heavy (non-hydrogen) atoms. The number of aliphatic carboxylic acids is 2. The van der Waals surface area contributed by atoms with Crippen molar-refractivity contribution in [3.8, 4) is 0 Å². The number of para-hydroxylation sites is 1. The van der Waals surface area contributed by atoms with Crippen LogP contribution in [0.2, 0.25) is 0 Å². The second-order valence-corrected chi connectivity index (χ2v) is 10.9. The molecule has 13 nitrogen and oxygen atoms in total. The number of aliphatic hydroxyl groups is 6. The van der Waals surface area contributed by atoms with Gasteiger partial charge >= 0.3 is 11.9 Å². The number of rotatable bonds is 12. The molecule has 0 aliphatic rings. The summed E-state index contributed by atoms with van der Waals surface area (Å²) in [4.78, 5) is 28.2. The highest BCUT2D eigenvalue weighted by atomic mass is 32.2. The van der Waals surface area contributed by atoms with Gasteiger partial charge < -0.3 is 40.9 Å². The number of aliphatic hydroxyl groups excluding tert-OH is 6. The van der Waals surface area contributed by atoms with Crippen LogP contribution < -0.4 is 0 Å². The summed E-state index contributed by atoms with van der Waals surface area (Å²) in [5.74, 6) is -2.87. The summed E-state index contributed by atoms with van der Waals surface area (Å²) in [6.07, 6.45) is -5.37. The quantitative estimate of drug-likeness (QED) is 0.128. The molecule has 2 rings (SSSR count). The minimum Gasteiger partial charge on any atom is -0.481 e. The van der Waals surface area contributed by atoms with Gasteiger partial charge in [0.2, 0.25) is 0 Å². The Bertz CT molecular complexity index is 891. The van der Waals surface area contributed by atoms with Crippen LogP contribution in [0.1, 0.15) is 48.0 Å². The fourth-order valence-electron chi connectivity index (χ4n) is 3.39. The van der Waals surface area contributed by atoms with Gasteiger partial charge in [-0.3, -0.25) is 9.59 Å². The molecule has 15 heteroatoms. The smallest absolute Gasteiger partial charge is 0.307 e. The molecule has 0 amide bonds. The SMILES string of the molecule is CC(O)N(C(C)O)C(C)O.CC(O)N(C(C)O)C(C)O.O=C(O)CC(CSc1nc2ccccc2s1)C(=O)O. The predicted octanol–water partition coefficient (Wildman–Crippen LogP) is 1.17. The van der Waals surface area contributed by atoms with Crippen molar-refractivity contribution in [2.45, 2.75) is 89.7 Å². The average molecular weight is 596 g/mol. The summed E-state index contributed by atoms with van der Waals surface area (Å²) in [7, 11) is 0. The molecule has 1 heterocycles. The van der Waals surface area contributed by atoms with Gasteiger partial charge in [-0.25, -0.2) is 14.8 Å². The average Bonchev–Trinajstić information content (AvgIpc) is 3.18. The number of benzene rings is 1. The van der Waals surface area contributed by atoms with E-state index < -0.39 is 55.2 Å².